The minimum Gasteiger partial charge on any atom is -0.496 e. The standard InChI is InChI=1S/C28H24N2O8/c1-33-21-11-9-17(13-18(21)15-36-20-10-12-22-23(14-20)38-16-37-22)25-24(27(31)34-2)26(28(32)35-3)30(29-25)19-7-5-4-6-8-19/h4-14H,15-16H2,1-3H3. The number of carbonyl (C=O) groups is 2. The van der Waals surface area contributed by atoms with Crippen LogP contribution in [0.5, 0.6) is 23.0 Å². The van der Waals surface area contributed by atoms with Gasteiger partial charge in [0.1, 0.15) is 29.4 Å². The van der Waals surface area contributed by atoms with Crippen molar-refractivity contribution in [2.45, 2.75) is 6.61 Å². The van der Waals surface area contributed by atoms with E-state index in [2.05, 4.69) is 5.10 Å². The maximum absolute atomic E-state index is 13.0. The molecule has 5 rings (SSSR count). The molecule has 1 aromatic heterocycles. The highest BCUT2D eigenvalue weighted by molar-refractivity contribution is 6.06. The van der Waals surface area contributed by atoms with Gasteiger partial charge in [0.15, 0.2) is 17.2 Å². The molecule has 0 bridgehead atoms. The van der Waals surface area contributed by atoms with Crippen LogP contribution in [0.25, 0.3) is 16.9 Å². The number of aromatic nitrogens is 2. The van der Waals surface area contributed by atoms with Gasteiger partial charge in [-0.15, -0.1) is 0 Å². The quantitative estimate of drug-likeness (QED) is 0.314. The van der Waals surface area contributed by atoms with Crippen LogP contribution in [0, 0.1) is 0 Å². The Morgan fingerprint density at radius 2 is 1.66 bits per heavy atom. The molecule has 0 unspecified atom stereocenters. The highest BCUT2D eigenvalue weighted by Crippen LogP contribution is 2.36. The number of rotatable bonds is 8. The zero-order chi connectivity index (χ0) is 26.6. The van der Waals surface area contributed by atoms with Crippen molar-refractivity contribution in [3.05, 3.63) is 83.6 Å². The van der Waals surface area contributed by atoms with Crippen LogP contribution in [0.15, 0.2) is 66.7 Å². The molecule has 0 amide bonds. The average Bonchev–Trinajstić information content (AvgIpc) is 3.60. The van der Waals surface area contributed by atoms with Crippen molar-refractivity contribution in [1.29, 1.82) is 0 Å². The molecule has 2 heterocycles. The van der Waals surface area contributed by atoms with Gasteiger partial charge in [-0.25, -0.2) is 14.3 Å². The summed E-state index contributed by atoms with van der Waals surface area (Å²) in [6, 6.07) is 19.6. The molecule has 3 aromatic carbocycles. The molecular weight excluding hydrogens is 492 g/mol. The Bertz CT molecular complexity index is 1500. The molecule has 1 aliphatic rings. The molecule has 0 atom stereocenters. The van der Waals surface area contributed by atoms with Crippen molar-refractivity contribution in [2.24, 2.45) is 0 Å². The molecule has 38 heavy (non-hydrogen) atoms. The molecule has 0 fully saturated rings. The molecule has 194 valence electrons. The lowest BCUT2D eigenvalue weighted by Crippen LogP contribution is -2.15. The fraction of sp³-hybridized carbons (Fsp3) is 0.179. The summed E-state index contributed by atoms with van der Waals surface area (Å²) < 4.78 is 33.7. The summed E-state index contributed by atoms with van der Waals surface area (Å²) >= 11 is 0. The second-order valence-electron chi connectivity index (χ2n) is 8.13. The first-order valence-corrected chi connectivity index (χ1v) is 11.6. The molecule has 10 nitrogen and oxygen atoms in total. The molecule has 0 spiro atoms. The average molecular weight is 517 g/mol. The van der Waals surface area contributed by atoms with Gasteiger partial charge in [0, 0.05) is 17.2 Å². The van der Waals surface area contributed by atoms with E-state index in [0.29, 0.717) is 39.8 Å². The molecular formula is C28H24N2O8. The second-order valence-corrected chi connectivity index (χ2v) is 8.13. The normalized spacial score (nSPS) is 11.7. The Labute approximate surface area is 218 Å². The lowest BCUT2D eigenvalue weighted by atomic mass is 10.0. The minimum absolute atomic E-state index is 0.0176. The monoisotopic (exact) mass is 516 g/mol. The van der Waals surface area contributed by atoms with Gasteiger partial charge in [0.25, 0.3) is 0 Å². The number of esters is 2. The maximum atomic E-state index is 13.0. The number of fused-ring (bicyclic) bond motifs is 1. The summed E-state index contributed by atoms with van der Waals surface area (Å²) in [6.45, 7) is 0.313. The number of benzene rings is 3. The third-order valence-electron chi connectivity index (χ3n) is 5.95. The van der Waals surface area contributed by atoms with Gasteiger partial charge in [-0.1, -0.05) is 18.2 Å². The van der Waals surface area contributed by atoms with Crippen molar-refractivity contribution in [3.8, 4) is 39.9 Å². The highest BCUT2D eigenvalue weighted by Gasteiger charge is 2.31. The first-order chi connectivity index (χ1) is 18.5. The number of methoxy groups -OCH3 is 3. The van der Waals surface area contributed by atoms with E-state index in [9.17, 15) is 9.59 Å². The lowest BCUT2D eigenvalue weighted by Gasteiger charge is -2.12. The highest BCUT2D eigenvalue weighted by atomic mass is 16.7. The number of ether oxygens (including phenoxy) is 6. The molecule has 0 saturated carbocycles. The van der Waals surface area contributed by atoms with Gasteiger partial charge in [0.05, 0.1) is 27.0 Å². The van der Waals surface area contributed by atoms with Crippen molar-refractivity contribution < 1.29 is 38.0 Å². The molecule has 0 saturated heterocycles. The van der Waals surface area contributed by atoms with Crippen molar-refractivity contribution in [1.82, 2.24) is 9.78 Å². The van der Waals surface area contributed by atoms with E-state index in [0.717, 1.165) is 0 Å². The van der Waals surface area contributed by atoms with Crippen LogP contribution >= 0.6 is 0 Å². The Hall–Kier alpha value is -4.99. The van der Waals surface area contributed by atoms with E-state index in [4.69, 9.17) is 28.4 Å². The summed E-state index contributed by atoms with van der Waals surface area (Å²) in [5, 5.41) is 4.65. The summed E-state index contributed by atoms with van der Waals surface area (Å²) in [5.41, 5.74) is 1.99. The van der Waals surface area contributed by atoms with Gasteiger partial charge >= 0.3 is 11.9 Å². The SMILES string of the molecule is COC(=O)c1c(-c2ccc(OC)c(COc3ccc4c(c3)OCO4)c2)nn(-c2ccccc2)c1C(=O)OC. The first-order valence-electron chi connectivity index (χ1n) is 11.6. The number of nitrogens with zero attached hydrogens (tertiary/aromatic N) is 2. The third kappa shape index (κ3) is 4.59. The van der Waals surface area contributed by atoms with Crippen LogP contribution in [0.1, 0.15) is 26.4 Å². The van der Waals surface area contributed by atoms with Crippen LogP contribution < -0.4 is 18.9 Å². The minimum atomic E-state index is -0.729. The summed E-state index contributed by atoms with van der Waals surface area (Å²) in [4.78, 5) is 25.8. The number of hydrogen-bond acceptors (Lipinski definition) is 9. The zero-order valence-corrected chi connectivity index (χ0v) is 20.9. The maximum Gasteiger partial charge on any atom is 0.357 e. The lowest BCUT2D eigenvalue weighted by molar-refractivity contribution is 0.0549. The fourth-order valence-electron chi connectivity index (χ4n) is 4.12. The molecule has 0 aliphatic carbocycles. The van der Waals surface area contributed by atoms with Gasteiger partial charge in [-0.05, 0) is 42.5 Å². The molecule has 10 heteroatoms. The van der Waals surface area contributed by atoms with E-state index < -0.39 is 11.9 Å². The Kier molecular flexibility index (Phi) is 6.86. The molecule has 1 aliphatic heterocycles. The van der Waals surface area contributed by atoms with Crippen LogP contribution in [0.4, 0.5) is 0 Å². The first kappa shape index (κ1) is 24.7. The molecule has 4 aromatic rings. The predicted octanol–water partition coefficient (Wildman–Crippen LogP) is 4.43. The smallest absolute Gasteiger partial charge is 0.357 e. The van der Waals surface area contributed by atoms with Crippen molar-refractivity contribution >= 4 is 11.9 Å². The number of carbonyl (C=O) groups excluding carboxylic acids is 2. The van der Waals surface area contributed by atoms with E-state index in [-0.39, 0.29) is 30.4 Å². The Morgan fingerprint density at radius 3 is 2.39 bits per heavy atom. The largest absolute Gasteiger partial charge is 0.496 e. The van der Waals surface area contributed by atoms with Gasteiger partial charge in [-0.3, -0.25) is 0 Å². The van der Waals surface area contributed by atoms with E-state index in [1.54, 1.807) is 67.8 Å². The number of para-hydroxylation sites is 1. The van der Waals surface area contributed by atoms with Gasteiger partial charge < -0.3 is 28.4 Å². The summed E-state index contributed by atoms with van der Waals surface area (Å²) in [6.07, 6.45) is 0. The van der Waals surface area contributed by atoms with E-state index in [1.165, 1.54) is 18.9 Å². The van der Waals surface area contributed by atoms with Crippen molar-refractivity contribution in [2.75, 3.05) is 28.1 Å². The van der Waals surface area contributed by atoms with Crippen LogP contribution in [0.3, 0.4) is 0 Å². The second kappa shape index (κ2) is 10.6. The van der Waals surface area contributed by atoms with Crippen LogP contribution in [0.2, 0.25) is 0 Å². The summed E-state index contributed by atoms with van der Waals surface area (Å²) in [5.74, 6) is 0.961. The topological polar surface area (TPSA) is 107 Å². The van der Waals surface area contributed by atoms with Crippen LogP contribution in [-0.4, -0.2) is 49.8 Å². The molecule has 0 radical (unpaired) electrons. The summed E-state index contributed by atoms with van der Waals surface area (Å²) in [7, 11) is 4.04. The predicted molar refractivity (Wildman–Crippen MR) is 135 cm³/mol. The van der Waals surface area contributed by atoms with Gasteiger partial charge in [0.2, 0.25) is 6.79 Å². The van der Waals surface area contributed by atoms with Crippen LogP contribution in [-0.2, 0) is 16.1 Å². The van der Waals surface area contributed by atoms with E-state index in [1.807, 2.05) is 6.07 Å². The van der Waals surface area contributed by atoms with Crippen molar-refractivity contribution in [3.63, 3.8) is 0 Å². The van der Waals surface area contributed by atoms with E-state index >= 15 is 0 Å². The van der Waals surface area contributed by atoms with Gasteiger partial charge in [-0.2, -0.15) is 5.10 Å². The fourth-order valence-corrected chi connectivity index (χ4v) is 4.12. The Morgan fingerprint density at radius 1 is 0.895 bits per heavy atom. The third-order valence-corrected chi connectivity index (χ3v) is 5.95. The molecule has 0 N–H and O–H groups in total. The number of hydrogen-bond donors (Lipinski definition) is 0. The Balaban J connectivity index is 1.58. The zero-order valence-electron chi connectivity index (χ0n) is 20.9.